The SMILES string of the molecule is CCCc1nc(NN)cc(NC(C)CC(F)(F)F)n1. The predicted molar refractivity (Wildman–Crippen MR) is 67.6 cm³/mol. The maximum atomic E-state index is 12.2. The van der Waals surface area contributed by atoms with E-state index in [4.69, 9.17) is 5.84 Å². The first kappa shape index (κ1) is 15.5. The Balaban J connectivity index is 2.79. The maximum absolute atomic E-state index is 12.2. The molecule has 0 bridgehead atoms. The standard InChI is InChI=1S/C11H18F3N5/c1-3-4-8-17-9(5-10(18-8)19-15)16-7(2)6-11(12,13)14/h5,7H,3-4,6,15H2,1-2H3,(H2,16,17,18,19). The van der Waals surface area contributed by atoms with Crippen molar-refractivity contribution >= 4 is 11.6 Å². The number of alkyl halides is 3. The van der Waals surface area contributed by atoms with Gasteiger partial charge in [-0.2, -0.15) is 13.2 Å². The second kappa shape index (κ2) is 6.55. The Morgan fingerprint density at radius 1 is 1.32 bits per heavy atom. The molecule has 0 aliphatic rings. The third-order valence-electron chi connectivity index (χ3n) is 2.33. The van der Waals surface area contributed by atoms with Crippen molar-refractivity contribution in [2.75, 3.05) is 10.7 Å². The van der Waals surface area contributed by atoms with Crippen LogP contribution in [-0.2, 0) is 6.42 Å². The van der Waals surface area contributed by atoms with Crippen LogP contribution in [0.25, 0.3) is 0 Å². The summed E-state index contributed by atoms with van der Waals surface area (Å²) in [5, 5.41) is 2.71. The van der Waals surface area contributed by atoms with Gasteiger partial charge in [-0.3, -0.25) is 0 Å². The summed E-state index contributed by atoms with van der Waals surface area (Å²) in [6.07, 6.45) is -3.66. The Kier molecular flexibility index (Phi) is 5.34. The summed E-state index contributed by atoms with van der Waals surface area (Å²) in [7, 11) is 0. The predicted octanol–water partition coefficient (Wildman–Crippen LogP) is 2.47. The fourth-order valence-corrected chi connectivity index (χ4v) is 1.63. The molecule has 0 aliphatic carbocycles. The van der Waals surface area contributed by atoms with Crippen LogP contribution in [0.3, 0.4) is 0 Å². The van der Waals surface area contributed by atoms with Gasteiger partial charge >= 0.3 is 6.18 Å². The monoisotopic (exact) mass is 277 g/mol. The van der Waals surface area contributed by atoms with E-state index in [-0.39, 0.29) is 0 Å². The van der Waals surface area contributed by atoms with Crippen molar-refractivity contribution in [2.24, 2.45) is 5.84 Å². The highest BCUT2D eigenvalue weighted by Crippen LogP contribution is 2.23. The highest BCUT2D eigenvalue weighted by Gasteiger charge is 2.30. The Bertz CT molecular complexity index is 408. The summed E-state index contributed by atoms with van der Waals surface area (Å²) in [5.74, 6) is 6.52. The van der Waals surface area contributed by atoms with Crippen molar-refractivity contribution in [3.8, 4) is 0 Å². The zero-order chi connectivity index (χ0) is 14.5. The van der Waals surface area contributed by atoms with Gasteiger partial charge in [-0.1, -0.05) is 6.92 Å². The quantitative estimate of drug-likeness (QED) is 0.550. The number of aryl methyl sites for hydroxylation is 1. The Labute approximate surface area is 109 Å². The zero-order valence-corrected chi connectivity index (χ0v) is 10.9. The van der Waals surface area contributed by atoms with Crippen LogP contribution in [0.2, 0.25) is 0 Å². The maximum Gasteiger partial charge on any atom is 0.391 e. The lowest BCUT2D eigenvalue weighted by Crippen LogP contribution is -2.24. The van der Waals surface area contributed by atoms with Crippen molar-refractivity contribution in [2.45, 2.75) is 45.3 Å². The smallest absolute Gasteiger partial charge is 0.367 e. The molecule has 1 heterocycles. The first-order valence-electron chi connectivity index (χ1n) is 6.02. The van der Waals surface area contributed by atoms with Gasteiger partial charge in [-0.25, -0.2) is 15.8 Å². The van der Waals surface area contributed by atoms with Crippen LogP contribution in [0.15, 0.2) is 6.07 Å². The molecule has 0 aliphatic heterocycles. The minimum absolute atomic E-state index is 0.336. The molecule has 1 aromatic heterocycles. The minimum Gasteiger partial charge on any atom is -0.367 e. The highest BCUT2D eigenvalue weighted by molar-refractivity contribution is 5.47. The van der Waals surface area contributed by atoms with Crippen molar-refractivity contribution < 1.29 is 13.2 Å². The lowest BCUT2D eigenvalue weighted by molar-refractivity contribution is -0.136. The molecule has 1 aromatic rings. The van der Waals surface area contributed by atoms with Gasteiger partial charge in [0, 0.05) is 18.5 Å². The topological polar surface area (TPSA) is 75.9 Å². The molecule has 8 heteroatoms. The second-order valence-corrected chi connectivity index (χ2v) is 4.31. The van der Waals surface area contributed by atoms with Gasteiger partial charge in [0.25, 0.3) is 0 Å². The average Bonchev–Trinajstić information content (AvgIpc) is 2.26. The molecule has 4 N–H and O–H groups in total. The number of nitrogens with two attached hydrogens (primary N) is 1. The molecule has 19 heavy (non-hydrogen) atoms. The molecule has 1 unspecified atom stereocenters. The number of aromatic nitrogens is 2. The second-order valence-electron chi connectivity index (χ2n) is 4.31. The van der Waals surface area contributed by atoms with Crippen LogP contribution in [0, 0.1) is 0 Å². The van der Waals surface area contributed by atoms with Gasteiger partial charge < -0.3 is 10.7 Å². The van der Waals surface area contributed by atoms with Gasteiger partial charge in [-0.05, 0) is 13.3 Å². The van der Waals surface area contributed by atoms with Gasteiger partial charge in [0.1, 0.15) is 17.5 Å². The molecule has 5 nitrogen and oxygen atoms in total. The number of hydrogen-bond donors (Lipinski definition) is 3. The summed E-state index contributed by atoms with van der Waals surface area (Å²) in [4.78, 5) is 8.27. The number of anilines is 2. The van der Waals surface area contributed by atoms with Crippen molar-refractivity contribution in [3.05, 3.63) is 11.9 Å². The molecular formula is C11H18F3N5. The van der Waals surface area contributed by atoms with Gasteiger partial charge in [0.05, 0.1) is 6.42 Å². The van der Waals surface area contributed by atoms with Crippen LogP contribution in [0.5, 0.6) is 0 Å². The number of hydrazine groups is 1. The summed E-state index contributed by atoms with van der Waals surface area (Å²) < 4.78 is 36.7. The highest BCUT2D eigenvalue weighted by atomic mass is 19.4. The van der Waals surface area contributed by atoms with Crippen LogP contribution < -0.4 is 16.6 Å². The van der Waals surface area contributed by atoms with E-state index in [1.807, 2.05) is 6.92 Å². The summed E-state index contributed by atoms with van der Waals surface area (Å²) in [6.45, 7) is 3.41. The normalized spacial score (nSPS) is 13.2. The third kappa shape index (κ3) is 5.73. The zero-order valence-electron chi connectivity index (χ0n) is 10.9. The largest absolute Gasteiger partial charge is 0.391 e. The van der Waals surface area contributed by atoms with Crippen LogP contribution >= 0.6 is 0 Å². The molecule has 0 radical (unpaired) electrons. The number of hydrogen-bond acceptors (Lipinski definition) is 5. The van der Waals surface area contributed by atoms with Crippen LogP contribution in [0.4, 0.5) is 24.8 Å². The van der Waals surface area contributed by atoms with E-state index >= 15 is 0 Å². The molecule has 0 aromatic carbocycles. The molecule has 108 valence electrons. The Hall–Kier alpha value is -1.57. The van der Waals surface area contributed by atoms with Crippen LogP contribution in [0.1, 0.15) is 32.5 Å². The third-order valence-corrected chi connectivity index (χ3v) is 2.33. The molecule has 0 fully saturated rings. The fourth-order valence-electron chi connectivity index (χ4n) is 1.63. The van der Waals surface area contributed by atoms with E-state index in [1.54, 1.807) is 0 Å². The van der Waals surface area contributed by atoms with E-state index in [1.165, 1.54) is 13.0 Å². The van der Waals surface area contributed by atoms with E-state index in [0.29, 0.717) is 23.9 Å². The molecule has 1 atom stereocenters. The number of rotatable bonds is 6. The number of nitrogens with zero attached hydrogens (tertiary/aromatic N) is 2. The number of nitrogen functional groups attached to an aromatic ring is 1. The Morgan fingerprint density at radius 2 is 1.95 bits per heavy atom. The van der Waals surface area contributed by atoms with E-state index in [0.717, 1.165) is 6.42 Å². The molecule has 0 spiro atoms. The van der Waals surface area contributed by atoms with E-state index in [9.17, 15) is 13.2 Å². The van der Waals surface area contributed by atoms with Crippen LogP contribution in [-0.4, -0.2) is 22.2 Å². The van der Waals surface area contributed by atoms with Gasteiger partial charge in [0.15, 0.2) is 0 Å². The lowest BCUT2D eigenvalue weighted by atomic mass is 10.2. The number of nitrogens with one attached hydrogen (secondary N) is 2. The first-order valence-corrected chi connectivity index (χ1v) is 6.02. The average molecular weight is 277 g/mol. The van der Waals surface area contributed by atoms with Crippen molar-refractivity contribution in [3.63, 3.8) is 0 Å². The molecule has 0 saturated carbocycles. The lowest BCUT2D eigenvalue weighted by Gasteiger charge is -2.17. The van der Waals surface area contributed by atoms with E-state index < -0.39 is 18.6 Å². The number of halogens is 3. The van der Waals surface area contributed by atoms with Crippen molar-refractivity contribution in [1.29, 1.82) is 0 Å². The summed E-state index contributed by atoms with van der Waals surface area (Å²) in [6, 6.07) is 0.710. The molecule has 0 amide bonds. The van der Waals surface area contributed by atoms with Crippen molar-refractivity contribution in [1.82, 2.24) is 9.97 Å². The minimum atomic E-state index is -4.21. The van der Waals surface area contributed by atoms with E-state index in [2.05, 4.69) is 20.7 Å². The summed E-state index contributed by atoms with van der Waals surface area (Å²) >= 11 is 0. The fraction of sp³-hybridized carbons (Fsp3) is 0.636. The Morgan fingerprint density at radius 3 is 2.47 bits per heavy atom. The first-order chi connectivity index (χ1) is 8.84. The van der Waals surface area contributed by atoms with Gasteiger partial charge in [0.2, 0.25) is 0 Å². The van der Waals surface area contributed by atoms with Gasteiger partial charge in [-0.15, -0.1) is 0 Å². The molecule has 1 rings (SSSR count). The molecular weight excluding hydrogens is 259 g/mol. The summed E-state index contributed by atoms with van der Waals surface area (Å²) in [5.41, 5.74) is 2.37. The molecule has 0 saturated heterocycles.